The van der Waals surface area contributed by atoms with Crippen molar-refractivity contribution in [3.63, 3.8) is 0 Å². The number of aryl methyl sites for hydroxylation is 1. The summed E-state index contributed by atoms with van der Waals surface area (Å²) in [5.74, 6) is 1.13. The van der Waals surface area contributed by atoms with E-state index in [-0.39, 0.29) is 0 Å². The molecule has 7 heteroatoms. The number of hydrogen-bond acceptors (Lipinski definition) is 6. The number of rotatable bonds is 3. The molecule has 0 unspecified atom stereocenters. The summed E-state index contributed by atoms with van der Waals surface area (Å²) in [6.45, 7) is 2.29. The Kier molecular flexibility index (Phi) is 3.76. The van der Waals surface area contributed by atoms with Crippen molar-refractivity contribution < 1.29 is 0 Å². The number of benzene rings is 1. The third kappa shape index (κ3) is 2.98. The molecule has 0 aliphatic heterocycles. The van der Waals surface area contributed by atoms with Gasteiger partial charge in [0.15, 0.2) is 3.95 Å². The molecule has 0 radical (unpaired) electrons. The Labute approximate surface area is 131 Å². The summed E-state index contributed by atoms with van der Waals surface area (Å²) >= 11 is 6.86. The molecule has 0 saturated carbocycles. The summed E-state index contributed by atoms with van der Waals surface area (Å²) in [6.07, 6.45) is 1.72. The van der Waals surface area contributed by atoms with Gasteiger partial charge in [-0.3, -0.25) is 0 Å². The lowest BCUT2D eigenvalue weighted by Crippen LogP contribution is -2.07. The van der Waals surface area contributed by atoms with Crippen molar-refractivity contribution in [3.8, 4) is 10.6 Å². The molecule has 0 aliphatic carbocycles. The number of nitrogens with two attached hydrogens (primary N) is 1. The van der Waals surface area contributed by atoms with E-state index in [4.69, 9.17) is 18.0 Å². The van der Waals surface area contributed by atoms with Gasteiger partial charge < -0.3 is 5.73 Å². The topological polar surface area (TPSA) is 69.6 Å². The molecule has 1 aromatic carbocycles. The molecule has 0 saturated heterocycles. The molecule has 3 aromatic rings. The number of anilines is 1. The molecule has 21 heavy (non-hydrogen) atoms. The highest BCUT2D eigenvalue weighted by Crippen LogP contribution is 2.23. The zero-order chi connectivity index (χ0) is 14.8. The van der Waals surface area contributed by atoms with Crippen LogP contribution in [-0.4, -0.2) is 19.7 Å². The van der Waals surface area contributed by atoms with Gasteiger partial charge in [0.05, 0.1) is 6.54 Å². The van der Waals surface area contributed by atoms with Gasteiger partial charge in [0.2, 0.25) is 0 Å². The fraction of sp³-hybridized carbons (Fsp3) is 0.143. The van der Waals surface area contributed by atoms with Crippen LogP contribution in [0.5, 0.6) is 0 Å². The van der Waals surface area contributed by atoms with Gasteiger partial charge in [-0.05, 0) is 19.1 Å². The van der Waals surface area contributed by atoms with Crippen LogP contribution in [0.1, 0.15) is 11.4 Å². The fourth-order valence-electron chi connectivity index (χ4n) is 1.90. The Morgan fingerprint density at radius 3 is 2.76 bits per heavy atom. The zero-order valence-electron chi connectivity index (χ0n) is 11.4. The van der Waals surface area contributed by atoms with E-state index >= 15 is 0 Å². The minimum atomic E-state index is 0.471. The summed E-state index contributed by atoms with van der Waals surface area (Å²) in [5, 5.41) is 5.45. The minimum Gasteiger partial charge on any atom is -0.383 e. The van der Waals surface area contributed by atoms with Gasteiger partial charge in [-0.1, -0.05) is 41.7 Å². The molecule has 0 spiro atoms. The van der Waals surface area contributed by atoms with Gasteiger partial charge >= 0.3 is 0 Å². The van der Waals surface area contributed by atoms with E-state index in [2.05, 4.69) is 15.1 Å². The molecule has 0 fully saturated rings. The van der Waals surface area contributed by atoms with E-state index in [9.17, 15) is 0 Å². The van der Waals surface area contributed by atoms with E-state index in [0.29, 0.717) is 22.1 Å². The molecular formula is C14H13N5S2. The normalized spacial score (nSPS) is 10.7. The molecule has 106 valence electrons. The second kappa shape index (κ2) is 5.71. The van der Waals surface area contributed by atoms with Crippen LogP contribution < -0.4 is 5.73 Å². The van der Waals surface area contributed by atoms with E-state index in [0.717, 1.165) is 16.1 Å². The fourth-order valence-corrected chi connectivity index (χ4v) is 3.01. The molecule has 5 nitrogen and oxygen atoms in total. The van der Waals surface area contributed by atoms with E-state index in [1.54, 1.807) is 10.9 Å². The van der Waals surface area contributed by atoms with Gasteiger partial charge in [-0.2, -0.15) is 5.10 Å². The molecule has 0 atom stereocenters. The zero-order valence-corrected chi connectivity index (χ0v) is 13.0. The van der Waals surface area contributed by atoms with Gasteiger partial charge in [0.1, 0.15) is 16.6 Å². The maximum atomic E-state index is 5.91. The Morgan fingerprint density at radius 1 is 1.29 bits per heavy atom. The maximum Gasteiger partial charge on any atom is 0.179 e. The summed E-state index contributed by atoms with van der Waals surface area (Å²) < 4.78 is 2.46. The van der Waals surface area contributed by atoms with Crippen molar-refractivity contribution in [2.45, 2.75) is 13.5 Å². The maximum absolute atomic E-state index is 5.91. The summed E-state index contributed by atoms with van der Waals surface area (Å²) in [6, 6.07) is 9.97. The Balaban J connectivity index is 1.94. The van der Waals surface area contributed by atoms with Crippen molar-refractivity contribution >= 4 is 29.4 Å². The lowest BCUT2D eigenvalue weighted by molar-refractivity contribution is 0.678. The van der Waals surface area contributed by atoms with Gasteiger partial charge in [0, 0.05) is 17.3 Å². The van der Waals surface area contributed by atoms with Crippen molar-refractivity contribution in [2.24, 2.45) is 0 Å². The summed E-state index contributed by atoms with van der Waals surface area (Å²) in [5.41, 5.74) is 7.79. The Bertz CT molecular complexity index is 823. The first-order valence-corrected chi connectivity index (χ1v) is 7.57. The number of hydrogen-bond donors (Lipinski definition) is 1. The van der Waals surface area contributed by atoms with Gasteiger partial charge in [-0.15, -0.1) is 0 Å². The highest BCUT2D eigenvalue weighted by atomic mass is 32.1. The van der Waals surface area contributed by atoms with Crippen LogP contribution in [0.15, 0.2) is 36.5 Å². The predicted molar refractivity (Wildman–Crippen MR) is 86.7 cm³/mol. The van der Waals surface area contributed by atoms with Gasteiger partial charge in [0.25, 0.3) is 0 Å². The average Bonchev–Trinajstić information content (AvgIpc) is 2.84. The molecule has 2 aromatic heterocycles. The molecular weight excluding hydrogens is 302 g/mol. The third-order valence-corrected chi connectivity index (χ3v) is 4.32. The smallest absolute Gasteiger partial charge is 0.179 e. The third-order valence-electron chi connectivity index (χ3n) is 2.97. The minimum absolute atomic E-state index is 0.471. The SMILES string of the molecule is Cc1ncc(Cn2nc(-c3ccccc3)sc2=S)c(N)n1. The lowest BCUT2D eigenvalue weighted by Gasteiger charge is -2.04. The highest BCUT2D eigenvalue weighted by molar-refractivity contribution is 7.73. The predicted octanol–water partition coefficient (Wildman–Crippen LogP) is 3.07. The van der Waals surface area contributed by atoms with Crippen LogP contribution >= 0.6 is 23.6 Å². The average molecular weight is 315 g/mol. The van der Waals surface area contributed by atoms with Crippen LogP contribution in [0.3, 0.4) is 0 Å². The van der Waals surface area contributed by atoms with Crippen molar-refractivity contribution in [3.05, 3.63) is 51.9 Å². The van der Waals surface area contributed by atoms with Crippen LogP contribution in [0.25, 0.3) is 10.6 Å². The van der Waals surface area contributed by atoms with Crippen LogP contribution in [-0.2, 0) is 6.54 Å². The van der Waals surface area contributed by atoms with Gasteiger partial charge in [-0.25, -0.2) is 14.6 Å². The summed E-state index contributed by atoms with van der Waals surface area (Å²) in [7, 11) is 0. The Morgan fingerprint density at radius 2 is 2.05 bits per heavy atom. The number of nitrogen functional groups attached to an aromatic ring is 1. The quantitative estimate of drug-likeness (QED) is 0.752. The number of nitrogens with zero attached hydrogens (tertiary/aromatic N) is 4. The first-order valence-electron chi connectivity index (χ1n) is 6.35. The first kappa shape index (κ1) is 13.8. The van der Waals surface area contributed by atoms with Crippen LogP contribution in [0, 0.1) is 10.9 Å². The number of aromatic nitrogens is 4. The van der Waals surface area contributed by atoms with Crippen molar-refractivity contribution in [1.82, 2.24) is 19.7 Å². The van der Waals surface area contributed by atoms with Crippen molar-refractivity contribution in [2.75, 3.05) is 5.73 Å². The molecule has 0 amide bonds. The largest absolute Gasteiger partial charge is 0.383 e. The monoisotopic (exact) mass is 315 g/mol. The summed E-state index contributed by atoms with van der Waals surface area (Å²) in [4.78, 5) is 8.33. The van der Waals surface area contributed by atoms with E-state index < -0.39 is 0 Å². The molecule has 2 N–H and O–H groups in total. The molecule has 0 bridgehead atoms. The molecule has 2 heterocycles. The molecule has 3 rings (SSSR count). The second-order valence-corrected chi connectivity index (χ2v) is 6.15. The first-order chi connectivity index (χ1) is 10.1. The standard InChI is InChI=1S/C14H13N5S2/c1-9-16-7-11(12(15)17-9)8-19-14(20)21-13(18-19)10-5-3-2-4-6-10/h2-7H,8H2,1H3,(H2,15,16,17). The van der Waals surface area contributed by atoms with E-state index in [1.165, 1.54) is 11.3 Å². The van der Waals surface area contributed by atoms with Crippen molar-refractivity contribution in [1.29, 1.82) is 0 Å². The van der Waals surface area contributed by atoms with Crippen LogP contribution in [0.4, 0.5) is 5.82 Å². The van der Waals surface area contributed by atoms with E-state index in [1.807, 2.05) is 37.3 Å². The van der Waals surface area contributed by atoms with Crippen LogP contribution in [0.2, 0.25) is 0 Å². The lowest BCUT2D eigenvalue weighted by atomic mass is 10.2. The Hall–Kier alpha value is -2.12. The molecule has 0 aliphatic rings. The highest BCUT2D eigenvalue weighted by Gasteiger charge is 2.09. The second-order valence-electron chi connectivity index (χ2n) is 4.52.